The predicted molar refractivity (Wildman–Crippen MR) is 95.1 cm³/mol. The number of ether oxygens (including phenoxy) is 2. The molecule has 1 heterocycles. The Morgan fingerprint density at radius 2 is 2.17 bits per heavy atom. The number of nitrogens with one attached hydrogen (secondary N) is 1. The number of carbonyl (C=O) groups excluding carboxylic acids is 1. The van der Waals surface area contributed by atoms with Gasteiger partial charge in [0.25, 0.3) is 0 Å². The van der Waals surface area contributed by atoms with Gasteiger partial charge in [-0.3, -0.25) is 4.90 Å². The third kappa shape index (κ3) is 5.60. The summed E-state index contributed by atoms with van der Waals surface area (Å²) in [6.45, 7) is 8.13. The Hall–Kier alpha value is -1.95. The lowest BCUT2D eigenvalue weighted by molar-refractivity contribution is 0.0470. The second-order valence-electron chi connectivity index (χ2n) is 7.29. The zero-order valence-corrected chi connectivity index (χ0v) is 15.1. The van der Waals surface area contributed by atoms with Crippen LogP contribution in [-0.4, -0.2) is 42.8 Å². The van der Waals surface area contributed by atoms with Crippen LogP contribution in [0.25, 0.3) is 0 Å². The van der Waals surface area contributed by atoms with Crippen molar-refractivity contribution in [3.63, 3.8) is 0 Å². The van der Waals surface area contributed by atoms with Crippen LogP contribution in [0.4, 0.5) is 10.5 Å². The maximum absolute atomic E-state index is 11.9. The molecule has 0 unspecified atom stereocenters. The first-order chi connectivity index (χ1) is 11.3. The second-order valence-corrected chi connectivity index (χ2v) is 7.29. The summed E-state index contributed by atoms with van der Waals surface area (Å²) >= 11 is 0. The van der Waals surface area contributed by atoms with Gasteiger partial charge in [0.15, 0.2) is 0 Å². The molecule has 1 aliphatic heterocycles. The fraction of sp³-hybridized carbons (Fsp3) is 0.611. The Morgan fingerprint density at radius 3 is 2.83 bits per heavy atom. The number of amides is 1. The highest BCUT2D eigenvalue weighted by molar-refractivity contribution is 5.68. The van der Waals surface area contributed by atoms with Gasteiger partial charge in [-0.1, -0.05) is 0 Å². The van der Waals surface area contributed by atoms with Crippen LogP contribution in [0.5, 0.6) is 5.75 Å². The number of hydrogen-bond donors (Lipinski definition) is 2. The highest BCUT2D eigenvalue weighted by Gasteiger charge is 2.24. The summed E-state index contributed by atoms with van der Waals surface area (Å²) in [5.74, 6) is 0.839. The van der Waals surface area contributed by atoms with E-state index in [0.717, 1.165) is 49.5 Å². The van der Waals surface area contributed by atoms with Gasteiger partial charge in [-0.25, -0.2) is 4.79 Å². The summed E-state index contributed by atoms with van der Waals surface area (Å²) in [6.07, 6.45) is 1.64. The Balaban J connectivity index is 1.94. The first-order valence-electron chi connectivity index (χ1n) is 8.41. The molecule has 0 spiro atoms. The lowest BCUT2D eigenvalue weighted by Crippen LogP contribution is -2.48. The maximum atomic E-state index is 11.9. The smallest absolute Gasteiger partial charge is 0.407 e. The minimum atomic E-state index is -0.479. The van der Waals surface area contributed by atoms with Crippen molar-refractivity contribution in [3.05, 3.63) is 23.8 Å². The van der Waals surface area contributed by atoms with Crippen LogP contribution in [-0.2, 0) is 11.3 Å². The van der Waals surface area contributed by atoms with Crippen molar-refractivity contribution in [2.45, 2.75) is 51.8 Å². The van der Waals surface area contributed by atoms with Gasteiger partial charge >= 0.3 is 6.09 Å². The van der Waals surface area contributed by atoms with Crippen molar-refractivity contribution >= 4 is 11.8 Å². The van der Waals surface area contributed by atoms with E-state index in [2.05, 4.69) is 10.2 Å². The van der Waals surface area contributed by atoms with E-state index >= 15 is 0 Å². The Bertz CT molecular complexity index is 569. The highest BCUT2D eigenvalue weighted by Crippen LogP contribution is 2.24. The summed E-state index contributed by atoms with van der Waals surface area (Å²) < 4.78 is 10.8. The van der Waals surface area contributed by atoms with Crippen molar-refractivity contribution in [3.8, 4) is 5.75 Å². The number of anilines is 1. The van der Waals surface area contributed by atoms with Gasteiger partial charge in [0.1, 0.15) is 11.4 Å². The molecule has 1 fully saturated rings. The van der Waals surface area contributed by atoms with Crippen LogP contribution in [0.2, 0.25) is 0 Å². The number of piperidine rings is 1. The summed E-state index contributed by atoms with van der Waals surface area (Å²) in [6, 6.07) is 5.78. The molecule has 1 aliphatic rings. The van der Waals surface area contributed by atoms with Crippen LogP contribution < -0.4 is 15.8 Å². The molecule has 1 aromatic carbocycles. The molecule has 2 rings (SSSR count). The monoisotopic (exact) mass is 335 g/mol. The summed E-state index contributed by atoms with van der Waals surface area (Å²) in [5.41, 5.74) is 7.21. The SMILES string of the molecule is COc1ccc(N)cc1CN1CCC[C@H](NC(=O)OC(C)(C)C)C1. The number of benzene rings is 1. The summed E-state index contributed by atoms with van der Waals surface area (Å²) in [4.78, 5) is 14.3. The molecule has 0 aromatic heterocycles. The molecule has 6 heteroatoms. The van der Waals surface area contributed by atoms with E-state index < -0.39 is 5.60 Å². The predicted octanol–water partition coefficient (Wildman–Crippen LogP) is 2.77. The number of alkyl carbamates (subject to hydrolysis) is 1. The molecule has 3 N–H and O–H groups in total. The van der Waals surface area contributed by atoms with Gasteiger partial charge in [-0.05, 0) is 58.4 Å². The zero-order chi connectivity index (χ0) is 17.7. The fourth-order valence-corrected chi connectivity index (χ4v) is 2.95. The molecule has 1 saturated heterocycles. The molecule has 1 amide bonds. The molecule has 0 aliphatic carbocycles. The normalized spacial score (nSPS) is 18.9. The summed E-state index contributed by atoms with van der Waals surface area (Å²) in [5, 5.41) is 2.97. The molecule has 6 nitrogen and oxygen atoms in total. The number of nitrogen functional groups attached to an aromatic ring is 1. The number of nitrogens with zero attached hydrogens (tertiary/aromatic N) is 1. The van der Waals surface area contributed by atoms with Crippen LogP contribution in [0.1, 0.15) is 39.2 Å². The van der Waals surface area contributed by atoms with Crippen molar-refractivity contribution in [1.29, 1.82) is 0 Å². The van der Waals surface area contributed by atoms with E-state index in [-0.39, 0.29) is 12.1 Å². The van der Waals surface area contributed by atoms with Crippen LogP contribution >= 0.6 is 0 Å². The number of rotatable bonds is 4. The summed E-state index contributed by atoms with van der Waals surface area (Å²) in [7, 11) is 1.66. The standard InChI is InChI=1S/C18H29N3O3/c1-18(2,3)24-17(22)20-15-6-5-9-21(12-15)11-13-10-14(19)7-8-16(13)23-4/h7-8,10,15H,5-6,9,11-12,19H2,1-4H3,(H,20,22)/t15-/m0/s1. The van der Waals surface area contributed by atoms with Gasteiger partial charge < -0.3 is 20.5 Å². The topological polar surface area (TPSA) is 76.8 Å². The average Bonchev–Trinajstić information content (AvgIpc) is 2.45. The number of hydrogen-bond acceptors (Lipinski definition) is 5. The number of methoxy groups -OCH3 is 1. The Kier molecular flexibility index (Phi) is 5.94. The third-order valence-corrected chi connectivity index (χ3v) is 3.92. The zero-order valence-electron chi connectivity index (χ0n) is 15.1. The molecule has 1 atom stereocenters. The van der Waals surface area contributed by atoms with Crippen molar-refractivity contribution in [2.24, 2.45) is 0 Å². The highest BCUT2D eigenvalue weighted by atomic mass is 16.6. The number of carbonyl (C=O) groups is 1. The molecular formula is C18H29N3O3. The van der Waals surface area contributed by atoms with Gasteiger partial charge in [0, 0.05) is 30.4 Å². The Morgan fingerprint density at radius 1 is 1.42 bits per heavy atom. The largest absolute Gasteiger partial charge is 0.496 e. The minimum absolute atomic E-state index is 0.0978. The number of nitrogens with two attached hydrogens (primary N) is 1. The van der Waals surface area contributed by atoms with E-state index in [4.69, 9.17) is 15.2 Å². The lowest BCUT2D eigenvalue weighted by atomic mass is 10.0. The molecule has 0 radical (unpaired) electrons. The van der Waals surface area contributed by atoms with Crippen molar-refractivity contribution in [1.82, 2.24) is 10.2 Å². The molecular weight excluding hydrogens is 306 g/mol. The van der Waals surface area contributed by atoms with E-state index in [1.165, 1.54) is 0 Å². The maximum Gasteiger partial charge on any atom is 0.407 e. The first-order valence-corrected chi connectivity index (χ1v) is 8.41. The van der Waals surface area contributed by atoms with Gasteiger partial charge in [0.2, 0.25) is 0 Å². The van der Waals surface area contributed by atoms with Gasteiger partial charge in [0.05, 0.1) is 7.11 Å². The Labute approximate surface area is 144 Å². The molecule has 134 valence electrons. The van der Waals surface area contributed by atoms with Crippen LogP contribution in [0, 0.1) is 0 Å². The van der Waals surface area contributed by atoms with E-state index in [0.29, 0.717) is 0 Å². The van der Waals surface area contributed by atoms with Crippen LogP contribution in [0.15, 0.2) is 18.2 Å². The molecule has 0 bridgehead atoms. The number of likely N-dealkylation sites (tertiary alicyclic amines) is 1. The third-order valence-electron chi connectivity index (χ3n) is 3.92. The molecule has 0 saturated carbocycles. The van der Waals surface area contributed by atoms with E-state index in [1.54, 1.807) is 7.11 Å². The van der Waals surface area contributed by atoms with E-state index in [1.807, 2.05) is 39.0 Å². The van der Waals surface area contributed by atoms with E-state index in [9.17, 15) is 4.79 Å². The fourth-order valence-electron chi connectivity index (χ4n) is 2.95. The molecule has 24 heavy (non-hydrogen) atoms. The minimum Gasteiger partial charge on any atom is -0.496 e. The van der Waals surface area contributed by atoms with Crippen LogP contribution in [0.3, 0.4) is 0 Å². The second kappa shape index (κ2) is 7.75. The first kappa shape index (κ1) is 18.4. The molecule has 1 aromatic rings. The average molecular weight is 335 g/mol. The lowest BCUT2D eigenvalue weighted by Gasteiger charge is -2.33. The van der Waals surface area contributed by atoms with Crippen molar-refractivity contribution in [2.75, 3.05) is 25.9 Å². The van der Waals surface area contributed by atoms with Crippen molar-refractivity contribution < 1.29 is 14.3 Å². The van der Waals surface area contributed by atoms with Gasteiger partial charge in [-0.15, -0.1) is 0 Å². The quantitative estimate of drug-likeness (QED) is 0.828. The van der Waals surface area contributed by atoms with Gasteiger partial charge in [-0.2, -0.15) is 0 Å².